The molecule has 4 atom stereocenters. The molecule has 2 aliphatic rings. The molecule has 0 radical (unpaired) electrons. The Morgan fingerprint density at radius 2 is 1.96 bits per heavy atom. The molecule has 3 heteroatoms. The Bertz CT molecular complexity index is 558. The molecule has 2 N–H and O–H groups in total. The van der Waals surface area contributed by atoms with Gasteiger partial charge in [-0.2, -0.15) is 11.8 Å². The zero-order valence-corrected chi connectivity index (χ0v) is 16.0. The first-order valence-electron chi connectivity index (χ1n) is 8.93. The lowest BCUT2D eigenvalue weighted by molar-refractivity contribution is 0.0438. The SMILES string of the molecule is CCSCC1CC2(C(N)=S)CC(C)CC(c3ccccc3)(C1)C2. The van der Waals surface area contributed by atoms with Gasteiger partial charge in [0.25, 0.3) is 0 Å². The molecule has 2 fully saturated rings. The van der Waals surface area contributed by atoms with Crippen LogP contribution < -0.4 is 5.73 Å². The van der Waals surface area contributed by atoms with Crippen LogP contribution in [0.2, 0.25) is 0 Å². The Morgan fingerprint density at radius 3 is 2.61 bits per heavy atom. The number of hydrogen-bond donors (Lipinski definition) is 1. The minimum absolute atomic E-state index is 0.0834. The monoisotopic (exact) mass is 347 g/mol. The van der Waals surface area contributed by atoms with Crippen molar-refractivity contribution < 1.29 is 0 Å². The van der Waals surface area contributed by atoms with E-state index in [1.807, 2.05) is 0 Å². The fourth-order valence-electron chi connectivity index (χ4n) is 5.51. The van der Waals surface area contributed by atoms with Crippen molar-refractivity contribution in [3.8, 4) is 0 Å². The number of benzene rings is 1. The number of thioether (sulfide) groups is 1. The van der Waals surface area contributed by atoms with E-state index in [0.717, 1.165) is 17.3 Å². The summed E-state index contributed by atoms with van der Waals surface area (Å²) >= 11 is 7.68. The van der Waals surface area contributed by atoms with Crippen LogP contribution in [-0.2, 0) is 5.41 Å². The normalized spacial score (nSPS) is 36.6. The number of thiocarbonyl (C=S) groups is 1. The molecule has 1 aromatic carbocycles. The quantitative estimate of drug-likeness (QED) is 0.743. The zero-order valence-electron chi connectivity index (χ0n) is 14.4. The maximum atomic E-state index is 6.32. The van der Waals surface area contributed by atoms with Crippen molar-refractivity contribution in [1.29, 1.82) is 0 Å². The third-order valence-corrected chi connectivity index (χ3v) is 7.53. The summed E-state index contributed by atoms with van der Waals surface area (Å²) in [6, 6.07) is 11.2. The van der Waals surface area contributed by atoms with E-state index in [1.165, 1.54) is 42.8 Å². The van der Waals surface area contributed by atoms with Gasteiger partial charge in [0.2, 0.25) is 0 Å². The van der Waals surface area contributed by atoms with Gasteiger partial charge in [-0.3, -0.25) is 0 Å². The van der Waals surface area contributed by atoms with Crippen molar-refractivity contribution in [1.82, 2.24) is 0 Å². The van der Waals surface area contributed by atoms with Crippen LogP contribution >= 0.6 is 24.0 Å². The average Bonchev–Trinajstić information content (AvgIpc) is 2.52. The van der Waals surface area contributed by atoms with Gasteiger partial charge in [0.15, 0.2) is 0 Å². The Hall–Kier alpha value is -0.540. The Labute approximate surface area is 150 Å². The number of nitrogens with two attached hydrogens (primary N) is 1. The van der Waals surface area contributed by atoms with E-state index in [1.54, 1.807) is 0 Å². The molecule has 0 aliphatic heterocycles. The van der Waals surface area contributed by atoms with E-state index in [-0.39, 0.29) is 10.8 Å². The third-order valence-electron chi connectivity index (χ3n) is 5.98. The van der Waals surface area contributed by atoms with Gasteiger partial charge >= 0.3 is 0 Å². The van der Waals surface area contributed by atoms with Crippen molar-refractivity contribution in [3.05, 3.63) is 35.9 Å². The smallest absolute Gasteiger partial charge is 0.0790 e. The van der Waals surface area contributed by atoms with E-state index < -0.39 is 0 Å². The second kappa shape index (κ2) is 6.76. The van der Waals surface area contributed by atoms with Gasteiger partial charge in [-0.05, 0) is 66.4 Å². The lowest BCUT2D eigenvalue weighted by Crippen LogP contribution is -2.54. The molecular weight excluding hydrogens is 318 g/mol. The van der Waals surface area contributed by atoms with E-state index in [9.17, 15) is 0 Å². The summed E-state index contributed by atoms with van der Waals surface area (Å²) in [5.74, 6) is 3.89. The molecule has 0 saturated heterocycles. The topological polar surface area (TPSA) is 26.0 Å². The maximum absolute atomic E-state index is 6.32. The summed E-state index contributed by atoms with van der Waals surface area (Å²) in [4.78, 5) is 0.774. The van der Waals surface area contributed by atoms with E-state index in [2.05, 4.69) is 55.9 Å². The predicted octanol–water partition coefficient (Wildman–Crippen LogP) is 5.18. The molecule has 1 aromatic rings. The van der Waals surface area contributed by atoms with Crippen LogP contribution in [0.15, 0.2) is 30.3 Å². The van der Waals surface area contributed by atoms with Crippen molar-refractivity contribution in [2.45, 2.75) is 51.4 Å². The Kier molecular flexibility index (Phi) is 5.08. The molecule has 2 aliphatic carbocycles. The lowest BCUT2D eigenvalue weighted by Gasteiger charge is -2.57. The molecule has 0 spiro atoms. The van der Waals surface area contributed by atoms with E-state index >= 15 is 0 Å². The van der Waals surface area contributed by atoms with Crippen molar-refractivity contribution in [2.24, 2.45) is 23.0 Å². The summed E-state index contributed by atoms with van der Waals surface area (Å²) in [7, 11) is 0. The summed E-state index contributed by atoms with van der Waals surface area (Å²) < 4.78 is 0. The second-order valence-corrected chi connectivity index (χ2v) is 9.67. The number of hydrogen-bond acceptors (Lipinski definition) is 2. The molecule has 0 amide bonds. The largest absolute Gasteiger partial charge is 0.393 e. The van der Waals surface area contributed by atoms with Gasteiger partial charge < -0.3 is 5.73 Å². The molecule has 0 heterocycles. The average molecular weight is 348 g/mol. The first-order valence-corrected chi connectivity index (χ1v) is 10.5. The van der Waals surface area contributed by atoms with Crippen molar-refractivity contribution in [2.75, 3.05) is 11.5 Å². The summed E-state index contributed by atoms with van der Waals surface area (Å²) in [6.07, 6.45) is 6.14. The molecule has 0 aromatic heterocycles. The molecular formula is C20H29NS2. The highest BCUT2D eigenvalue weighted by atomic mass is 32.2. The third kappa shape index (κ3) is 3.32. The molecule has 2 bridgehead atoms. The summed E-state index contributed by atoms with van der Waals surface area (Å²) in [5, 5.41) is 0. The van der Waals surface area contributed by atoms with Crippen molar-refractivity contribution >= 4 is 29.0 Å². The molecule has 4 unspecified atom stereocenters. The highest BCUT2D eigenvalue weighted by molar-refractivity contribution is 7.99. The standard InChI is InChI=1S/C20H29NS2/c1-3-23-13-16-11-19(17-7-5-4-6-8-17)9-15(2)10-20(12-16,14-19)18(21)22/h4-8,15-16H,3,9-14H2,1-2H3,(H2,21,22). The van der Waals surface area contributed by atoms with Crippen LogP contribution in [0.3, 0.4) is 0 Å². The van der Waals surface area contributed by atoms with Gasteiger partial charge in [0, 0.05) is 5.41 Å². The summed E-state index contributed by atoms with van der Waals surface area (Å²) in [5.41, 5.74) is 8.20. The van der Waals surface area contributed by atoms with Crippen LogP contribution in [0.5, 0.6) is 0 Å². The highest BCUT2D eigenvalue weighted by Gasteiger charge is 2.54. The van der Waals surface area contributed by atoms with E-state index in [0.29, 0.717) is 5.92 Å². The van der Waals surface area contributed by atoms with E-state index in [4.69, 9.17) is 18.0 Å². The predicted molar refractivity (Wildman–Crippen MR) is 106 cm³/mol. The molecule has 126 valence electrons. The van der Waals surface area contributed by atoms with Crippen LogP contribution in [0.1, 0.15) is 51.5 Å². The van der Waals surface area contributed by atoms with Gasteiger partial charge in [-0.25, -0.2) is 0 Å². The van der Waals surface area contributed by atoms with Crippen molar-refractivity contribution in [3.63, 3.8) is 0 Å². The lowest BCUT2D eigenvalue weighted by atomic mass is 9.48. The Morgan fingerprint density at radius 1 is 1.22 bits per heavy atom. The number of rotatable bonds is 5. The molecule has 23 heavy (non-hydrogen) atoms. The first-order chi connectivity index (χ1) is 11.0. The minimum Gasteiger partial charge on any atom is -0.393 e. The van der Waals surface area contributed by atoms with Gasteiger partial charge in [0.1, 0.15) is 0 Å². The van der Waals surface area contributed by atoms with Crippen LogP contribution in [0.25, 0.3) is 0 Å². The highest BCUT2D eigenvalue weighted by Crippen LogP contribution is 2.60. The minimum atomic E-state index is 0.0834. The van der Waals surface area contributed by atoms with Crippen LogP contribution in [0.4, 0.5) is 0 Å². The Balaban J connectivity index is 2.00. The fourth-order valence-corrected chi connectivity index (χ4v) is 6.55. The fraction of sp³-hybridized carbons (Fsp3) is 0.650. The van der Waals surface area contributed by atoms with Crippen LogP contribution in [-0.4, -0.2) is 16.5 Å². The molecule has 1 nitrogen and oxygen atoms in total. The van der Waals surface area contributed by atoms with Gasteiger partial charge in [-0.1, -0.05) is 56.4 Å². The zero-order chi connectivity index (χ0) is 16.5. The first kappa shape index (κ1) is 17.3. The van der Waals surface area contributed by atoms with Gasteiger partial charge in [-0.15, -0.1) is 0 Å². The van der Waals surface area contributed by atoms with Gasteiger partial charge in [0.05, 0.1) is 4.99 Å². The summed E-state index contributed by atoms with van der Waals surface area (Å²) in [6.45, 7) is 4.65. The second-order valence-electron chi connectivity index (χ2n) is 7.91. The maximum Gasteiger partial charge on any atom is 0.0790 e. The number of fused-ring (bicyclic) bond motifs is 2. The van der Waals surface area contributed by atoms with Crippen LogP contribution in [0, 0.1) is 17.3 Å². The molecule has 3 rings (SSSR count). The molecule has 2 saturated carbocycles.